The minimum absolute atomic E-state index is 0.00495. The fraction of sp³-hybridized carbons (Fsp3) is 0.312. The SMILES string of the molecule is COC(=O)c1cc(S(=O)(=O)N[Si](C)(C)C)c(Cl)cc1NCc1ccco1. The fourth-order valence-electron chi connectivity index (χ4n) is 2.24. The van der Waals surface area contributed by atoms with E-state index in [-0.39, 0.29) is 15.5 Å². The van der Waals surface area contributed by atoms with Crippen molar-refractivity contribution >= 4 is 41.5 Å². The molecule has 1 aromatic heterocycles. The van der Waals surface area contributed by atoms with E-state index in [1.54, 1.807) is 12.1 Å². The smallest absolute Gasteiger partial charge is 0.340 e. The highest BCUT2D eigenvalue weighted by Crippen LogP contribution is 2.30. The van der Waals surface area contributed by atoms with Gasteiger partial charge in [0.05, 0.1) is 36.2 Å². The van der Waals surface area contributed by atoms with Gasteiger partial charge < -0.3 is 14.5 Å². The Balaban J connectivity index is 2.45. The van der Waals surface area contributed by atoms with E-state index < -0.39 is 24.2 Å². The fourth-order valence-corrected chi connectivity index (χ4v) is 6.96. The maximum atomic E-state index is 12.6. The molecule has 2 N–H and O–H groups in total. The van der Waals surface area contributed by atoms with E-state index in [1.165, 1.54) is 25.5 Å². The summed E-state index contributed by atoms with van der Waals surface area (Å²) in [6, 6.07) is 6.13. The molecule has 1 heterocycles. The van der Waals surface area contributed by atoms with Gasteiger partial charge in [-0.25, -0.2) is 17.6 Å². The Kier molecular flexibility index (Phi) is 6.17. The van der Waals surface area contributed by atoms with Gasteiger partial charge >= 0.3 is 5.97 Å². The van der Waals surface area contributed by atoms with Gasteiger partial charge in [0, 0.05) is 0 Å². The Labute approximate surface area is 158 Å². The van der Waals surface area contributed by atoms with Gasteiger partial charge in [0.15, 0.2) is 0 Å². The van der Waals surface area contributed by atoms with Crippen molar-refractivity contribution in [1.82, 2.24) is 4.39 Å². The highest BCUT2D eigenvalue weighted by Gasteiger charge is 2.28. The van der Waals surface area contributed by atoms with Gasteiger partial charge in [-0.2, -0.15) is 0 Å². The number of esters is 1. The number of furan rings is 1. The lowest BCUT2D eigenvalue weighted by Gasteiger charge is -2.20. The summed E-state index contributed by atoms with van der Waals surface area (Å²) in [4.78, 5) is 12.0. The Morgan fingerprint density at radius 3 is 2.54 bits per heavy atom. The second-order valence-electron chi connectivity index (χ2n) is 6.61. The quantitative estimate of drug-likeness (QED) is 0.530. The molecule has 0 aliphatic heterocycles. The normalized spacial score (nSPS) is 12.0. The summed E-state index contributed by atoms with van der Waals surface area (Å²) in [7, 11) is -4.80. The van der Waals surface area contributed by atoms with Gasteiger partial charge in [0.2, 0.25) is 10.0 Å². The summed E-state index contributed by atoms with van der Waals surface area (Å²) in [5.41, 5.74) is 0.421. The summed E-state index contributed by atoms with van der Waals surface area (Å²) >= 11 is 6.20. The third kappa shape index (κ3) is 5.10. The van der Waals surface area contributed by atoms with Gasteiger partial charge in [0.25, 0.3) is 0 Å². The van der Waals surface area contributed by atoms with Gasteiger partial charge in [0.1, 0.15) is 18.9 Å². The van der Waals surface area contributed by atoms with Crippen molar-refractivity contribution in [3.05, 3.63) is 46.9 Å². The average Bonchev–Trinajstić information content (AvgIpc) is 3.03. The van der Waals surface area contributed by atoms with Crippen LogP contribution in [-0.2, 0) is 21.3 Å². The number of halogens is 1. The van der Waals surface area contributed by atoms with Crippen LogP contribution < -0.4 is 9.70 Å². The van der Waals surface area contributed by atoms with Gasteiger partial charge in [-0.05, 0) is 24.3 Å². The van der Waals surface area contributed by atoms with Crippen molar-refractivity contribution in [3.63, 3.8) is 0 Å². The average molecular weight is 417 g/mol. The monoisotopic (exact) mass is 416 g/mol. The van der Waals surface area contributed by atoms with E-state index >= 15 is 0 Å². The lowest BCUT2D eigenvalue weighted by Crippen LogP contribution is -2.45. The predicted octanol–water partition coefficient (Wildman–Crippen LogP) is 3.44. The van der Waals surface area contributed by atoms with Crippen LogP contribution in [0.25, 0.3) is 0 Å². The van der Waals surface area contributed by atoms with Crippen molar-refractivity contribution in [2.45, 2.75) is 31.1 Å². The number of hydrogen-bond acceptors (Lipinski definition) is 6. The maximum absolute atomic E-state index is 12.6. The second kappa shape index (κ2) is 7.83. The lowest BCUT2D eigenvalue weighted by molar-refractivity contribution is 0.0601. The Hall–Kier alpha value is -1.81. The highest BCUT2D eigenvalue weighted by molar-refractivity contribution is 7.91. The van der Waals surface area contributed by atoms with Crippen LogP contribution in [-0.4, -0.2) is 29.7 Å². The summed E-state index contributed by atoms with van der Waals surface area (Å²) in [5, 5.41) is 3.02. The first-order valence-electron chi connectivity index (χ1n) is 7.75. The van der Waals surface area contributed by atoms with Crippen LogP contribution in [0.4, 0.5) is 5.69 Å². The Morgan fingerprint density at radius 2 is 2.00 bits per heavy atom. The highest BCUT2D eigenvalue weighted by atomic mass is 35.5. The van der Waals surface area contributed by atoms with Crippen LogP contribution in [0.1, 0.15) is 16.1 Å². The van der Waals surface area contributed by atoms with E-state index in [2.05, 4.69) is 9.70 Å². The van der Waals surface area contributed by atoms with Gasteiger partial charge in [-0.15, -0.1) is 0 Å². The maximum Gasteiger partial charge on any atom is 0.340 e. The number of methoxy groups -OCH3 is 1. The molecular formula is C16H21ClN2O5SSi. The van der Waals surface area contributed by atoms with Crippen LogP contribution >= 0.6 is 11.6 Å². The third-order valence-electron chi connectivity index (χ3n) is 3.24. The van der Waals surface area contributed by atoms with Gasteiger partial charge in [-0.3, -0.25) is 0 Å². The number of carbonyl (C=O) groups is 1. The van der Waals surface area contributed by atoms with Crippen LogP contribution in [0.5, 0.6) is 0 Å². The molecule has 0 amide bonds. The first kappa shape index (κ1) is 20.5. The Bertz CT molecular complexity index is 892. The molecule has 2 aromatic rings. The van der Waals surface area contributed by atoms with E-state index in [9.17, 15) is 13.2 Å². The number of hydrogen-bond donors (Lipinski definition) is 2. The van der Waals surface area contributed by atoms with Crippen molar-refractivity contribution in [1.29, 1.82) is 0 Å². The number of anilines is 1. The van der Waals surface area contributed by atoms with Crippen LogP contribution in [0.2, 0.25) is 24.7 Å². The molecule has 0 aliphatic carbocycles. The zero-order valence-corrected chi connectivity index (χ0v) is 17.5. The standard InChI is InChI=1S/C16H21ClN2O5SSi/c1-23-16(20)12-8-15(25(21,22)19-26(2,3)4)13(17)9-14(12)18-10-11-6-5-7-24-11/h5-9,18-19H,10H2,1-4H3. The van der Waals surface area contributed by atoms with Crippen molar-refractivity contribution in [3.8, 4) is 0 Å². The van der Waals surface area contributed by atoms with Crippen molar-refractivity contribution in [2.75, 3.05) is 12.4 Å². The molecule has 0 radical (unpaired) electrons. The molecule has 0 saturated carbocycles. The molecule has 2 rings (SSSR count). The first-order chi connectivity index (χ1) is 12.0. The molecule has 0 spiro atoms. The van der Waals surface area contributed by atoms with E-state index in [0.717, 1.165) is 0 Å². The molecule has 142 valence electrons. The van der Waals surface area contributed by atoms with Crippen molar-refractivity contribution in [2.24, 2.45) is 0 Å². The summed E-state index contributed by atoms with van der Waals surface area (Å²) in [6.45, 7) is 5.84. The molecule has 0 unspecified atom stereocenters. The number of sulfonamides is 1. The van der Waals surface area contributed by atoms with E-state index in [0.29, 0.717) is 18.0 Å². The van der Waals surface area contributed by atoms with Gasteiger partial charge in [-0.1, -0.05) is 31.2 Å². The number of rotatable bonds is 7. The van der Waals surface area contributed by atoms with E-state index in [4.69, 9.17) is 20.8 Å². The predicted molar refractivity (Wildman–Crippen MR) is 102 cm³/mol. The minimum Gasteiger partial charge on any atom is -0.467 e. The third-order valence-corrected chi connectivity index (χ3v) is 8.11. The molecule has 0 fully saturated rings. The number of benzene rings is 1. The summed E-state index contributed by atoms with van der Waals surface area (Å²) < 4.78 is 37.9. The zero-order chi connectivity index (χ0) is 19.5. The topological polar surface area (TPSA) is 97.6 Å². The molecule has 0 atom stereocenters. The molecule has 0 saturated heterocycles. The molecule has 7 nitrogen and oxygen atoms in total. The molecule has 0 aliphatic rings. The number of carbonyl (C=O) groups excluding carboxylic acids is 1. The Morgan fingerprint density at radius 1 is 1.31 bits per heavy atom. The van der Waals surface area contributed by atoms with Crippen molar-refractivity contribution < 1.29 is 22.4 Å². The lowest BCUT2D eigenvalue weighted by atomic mass is 10.1. The summed E-state index contributed by atoms with van der Waals surface area (Å²) in [6.07, 6.45) is 1.53. The largest absolute Gasteiger partial charge is 0.467 e. The molecule has 10 heteroatoms. The first-order valence-corrected chi connectivity index (χ1v) is 13.1. The minimum atomic E-state index is -3.86. The van der Waals surface area contributed by atoms with Crippen LogP contribution in [0.15, 0.2) is 39.8 Å². The molecular weight excluding hydrogens is 396 g/mol. The van der Waals surface area contributed by atoms with Crippen LogP contribution in [0.3, 0.4) is 0 Å². The molecule has 0 bridgehead atoms. The zero-order valence-electron chi connectivity index (χ0n) is 14.9. The second-order valence-corrected chi connectivity index (χ2v) is 13.8. The van der Waals surface area contributed by atoms with E-state index in [1.807, 2.05) is 19.6 Å². The number of nitrogens with one attached hydrogen (secondary N) is 2. The summed E-state index contributed by atoms with van der Waals surface area (Å²) in [5.74, 6) is -0.0258. The van der Waals surface area contributed by atoms with Crippen LogP contribution in [0, 0.1) is 0 Å². The number of ether oxygens (including phenoxy) is 1. The molecule has 26 heavy (non-hydrogen) atoms. The molecule has 1 aromatic carbocycles.